The van der Waals surface area contributed by atoms with Crippen LogP contribution >= 0.6 is 24.0 Å². The van der Waals surface area contributed by atoms with Crippen molar-refractivity contribution in [3.8, 4) is 5.75 Å². The monoisotopic (exact) mass is 546 g/mol. The molecule has 1 heterocycles. The third-order valence-electron chi connectivity index (χ3n) is 5.56. The van der Waals surface area contributed by atoms with Gasteiger partial charge in [0.15, 0.2) is 5.96 Å². The summed E-state index contributed by atoms with van der Waals surface area (Å²) in [4.78, 5) is 7.27. The first-order valence-corrected chi connectivity index (χ1v) is 11.7. The molecule has 0 spiro atoms. The van der Waals surface area contributed by atoms with Crippen LogP contribution in [0.3, 0.4) is 0 Å². The zero-order valence-corrected chi connectivity index (χ0v) is 22.2. The Morgan fingerprint density at radius 3 is 2.68 bits per heavy atom. The maximum absolute atomic E-state index is 6.16. The van der Waals surface area contributed by atoms with Gasteiger partial charge in [-0.05, 0) is 64.4 Å². The minimum atomic E-state index is 0. The van der Waals surface area contributed by atoms with E-state index in [9.17, 15) is 0 Å². The van der Waals surface area contributed by atoms with Crippen molar-refractivity contribution in [1.82, 2.24) is 15.5 Å². The van der Waals surface area contributed by atoms with E-state index in [4.69, 9.17) is 14.5 Å². The average molecular weight is 547 g/mol. The summed E-state index contributed by atoms with van der Waals surface area (Å²) in [5, 5.41) is 6.82. The molecule has 0 aliphatic carbocycles. The second-order valence-electron chi connectivity index (χ2n) is 8.01. The van der Waals surface area contributed by atoms with Gasteiger partial charge in [0.2, 0.25) is 0 Å². The zero-order chi connectivity index (χ0) is 21.6. The maximum atomic E-state index is 6.16. The molecule has 7 heteroatoms. The molecule has 0 amide bonds. The number of unbranched alkanes of at least 4 members (excludes halogenated alkanes) is 1. The predicted molar refractivity (Wildman–Crippen MR) is 141 cm³/mol. The van der Waals surface area contributed by atoms with Crippen LogP contribution in [0.2, 0.25) is 0 Å². The zero-order valence-electron chi connectivity index (χ0n) is 19.9. The van der Waals surface area contributed by atoms with E-state index >= 15 is 0 Å². The number of aryl methyl sites for hydroxylation is 1. The van der Waals surface area contributed by atoms with Crippen LogP contribution in [0.15, 0.2) is 23.2 Å². The Hall–Kier alpha value is -1.06. The highest BCUT2D eigenvalue weighted by Gasteiger charge is 2.17. The fraction of sp³-hybridized carbons (Fsp3) is 0.708. The van der Waals surface area contributed by atoms with Gasteiger partial charge in [-0.25, -0.2) is 4.99 Å². The van der Waals surface area contributed by atoms with Crippen LogP contribution in [0.5, 0.6) is 5.75 Å². The lowest BCUT2D eigenvalue weighted by Gasteiger charge is -2.18. The van der Waals surface area contributed by atoms with E-state index in [1.54, 1.807) is 0 Å². The highest BCUT2D eigenvalue weighted by Crippen LogP contribution is 2.23. The Labute approximate surface area is 206 Å². The summed E-state index contributed by atoms with van der Waals surface area (Å²) in [6.45, 7) is 16.8. The third kappa shape index (κ3) is 10.9. The van der Waals surface area contributed by atoms with Crippen molar-refractivity contribution in [3.63, 3.8) is 0 Å². The van der Waals surface area contributed by atoms with E-state index in [1.807, 2.05) is 0 Å². The van der Waals surface area contributed by atoms with E-state index in [2.05, 4.69) is 61.4 Å². The van der Waals surface area contributed by atoms with Gasteiger partial charge in [-0.2, -0.15) is 0 Å². The van der Waals surface area contributed by atoms with Crippen LogP contribution in [0.1, 0.15) is 51.2 Å². The van der Waals surface area contributed by atoms with E-state index in [0.717, 1.165) is 69.5 Å². The molecule has 1 aliphatic heterocycles. The van der Waals surface area contributed by atoms with Gasteiger partial charge in [-0.15, -0.1) is 24.0 Å². The molecule has 1 fully saturated rings. The number of aliphatic imine (C=N–C) groups is 1. The highest BCUT2D eigenvalue weighted by molar-refractivity contribution is 14.0. The third-order valence-corrected chi connectivity index (χ3v) is 5.56. The Morgan fingerprint density at radius 1 is 1.19 bits per heavy atom. The number of rotatable bonds is 13. The molecule has 31 heavy (non-hydrogen) atoms. The largest absolute Gasteiger partial charge is 0.493 e. The van der Waals surface area contributed by atoms with Crippen molar-refractivity contribution in [2.24, 2.45) is 10.9 Å². The first-order chi connectivity index (χ1) is 14.7. The lowest BCUT2D eigenvalue weighted by atomic mass is 10.1. The normalized spacial score (nSPS) is 16.3. The number of benzene rings is 1. The van der Waals surface area contributed by atoms with Gasteiger partial charge >= 0.3 is 0 Å². The molecule has 1 atom stereocenters. The molecular weight excluding hydrogens is 503 g/mol. The SMILES string of the molecule is CCNC(=NCc1ccc(C)cc1OCC1CCOC1)NCCCCN(CC)CC.I. The quantitative estimate of drug-likeness (QED) is 0.168. The molecule has 1 aromatic carbocycles. The molecular formula is C24H43IN4O2. The van der Waals surface area contributed by atoms with Crippen molar-refractivity contribution in [1.29, 1.82) is 0 Å². The van der Waals surface area contributed by atoms with Crippen LogP contribution in [-0.2, 0) is 11.3 Å². The van der Waals surface area contributed by atoms with Gasteiger partial charge in [0, 0.05) is 31.2 Å². The fourth-order valence-corrected chi connectivity index (χ4v) is 3.56. The molecule has 178 valence electrons. The summed E-state index contributed by atoms with van der Waals surface area (Å²) in [5.74, 6) is 2.31. The molecule has 0 aromatic heterocycles. The van der Waals surface area contributed by atoms with Gasteiger partial charge in [-0.1, -0.05) is 26.0 Å². The number of halogens is 1. The molecule has 0 saturated carbocycles. The Bertz CT molecular complexity index is 632. The molecule has 2 rings (SSSR count). The van der Waals surface area contributed by atoms with Gasteiger partial charge in [0.25, 0.3) is 0 Å². The second-order valence-corrected chi connectivity index (χ2v) is 8.01. The summed E-state index contributed by atoms with van der Waals surface area (Å²) in [5.41, 5.74) is 2.33. The summed E-state index contributed by atoms with van der Waals surface area (Å²) < 4.78 is 11.6. The second kappa shape index (κ2) is 16.6. The van der Waals surface area contributed by atoms with Crippen LogP contribution in [0, 0.1) is 12.8 Å². The molecule has 1 saturated heterocycles. The molecule has 6 nitrogen and oxygen atoms in total. The fourth-order valence-electron chi connectivity index (χ4n) is 3.56. The molecule has 2 N–H and O–H groups in total. The molecule has 0 bridgehead atoms. The lowest BCUT2D eigenvalue weighted by molar-refractivity contribution is 0.166. The van der Waals surface area contributed by atoms with Gasteiger partial charge < -0.3 is 25.0 Å². The Kier molecular flexibility index (Phi) is 14.9. The number of nitrogens with zero attached hydrogens (tertiary/aromatic N) is 2. The van der Waals surface area contributed by atoms with Crippen LogP contribution in [0.25, 0.3) is 0 Å². The number of hydrogen-bond acceptors (Lipinski definition) is 4. The van der Waals surface area contributed by atoms with Crippen LogP contribution < -0.4 is 15.4 Å². The van der Waals surface area contributed by atoms with Crippen molar-refractivity contribution in [3.05, 3.63) is 29.3 Å². The first kappa shape index (κ1) is 28.0. The number of nitrogens with one attached hydrogen (secondary N) is 2. The van der Waals surface area contributed by atoms with Crippen LogP contribution in [-0.4, -0.2) is 63.4 Å². The number of ether oxygens (including phenoxy) is 2. The topological polar surface area (TPSA) is 58.1 Å². The molecule has 1 aliphatic rings. The molecule has 1 unspecified atom stereocenters. The van der Waals surface area contributed by atoms with Gasteiger partial charge in [-0.3, -0.25) is 0 Å². The van der Waals surface area contributed by atoms with Crippen LogP contribution in [0.4, 0.5) is 0 Å². The maximum Gasteiger partial charge on any atom is 0.191 e. The average Bonchev–Trinajstić information content (AvgIpc) is 3.27. The summed E-state index contributed by atoms with van der Waals surface area (Å²) in [6.07, 6.45) is 3.43. The minimum absolute atomic E-state index is 0. The highest BCUT2D eigenvalue weighted by atomic mass is 127. The summed E-state index contributed by atoms with van der Waals surface area (Å²) in [6, 6.07) is 6.38. The van der Waals surface area contributed by atoms with Gasteiger partial charge in [0.1, 0.15) is 5.75 Å². The van der Waals surface area contributed by atoms with Crippen molar-refractivity contribution < 1.29 is 9.47 Å². The Morgan fingerprint density at radius 2 is 2.00 bits per heavy atom. The summed E-state index contributed by atoms with van der Waals surface area (Å²) in [7, 11) is 0. The number of guanidine groups is 1. The van der Waals surface area contributed by atoms with Crippen molar-refractivity contribution in [2.75, 3.05) is 52.5 Å². The minimum Gasteiger partial charge on any atom is -0.493 e. The number of hydrogen-bond donors (Lipinski definition) is 2. The first-order valence-electron chi connectivity index (χ1n) is 11.7. The summed E-state index contributed by atoms with van der Waals surface area (Å²) >= 11 is 0. The predicted octanol–water partition coefficient (Wildman–Crippen LogP) is 4.21. The lowest BCUT2D eigenvalue weighted by Crippen LogP contribution is -2.38. The van der Waals surface area contributed by atoms with E-state index in [-0.39, 0.29) is 24.0 Å². The van der Waals surface area contributed by atoms with E-state index < -0.39 is 0 Å². The van der Waals surface area contributed by atoms with Crippen molar-refractivity contribution >= 4 is 29.9 Å². The Balaban J connectivity index is 0.00000480. The molecule has 0 radical (unpaired) electrons. The standard InChI is InChI=1S/C24H42N4O2.HI/c1-5-25-24(26-13-8-9-14-28(6-2)7-3)27-17-22-11-10-20(4)16-23(22)30-19-21-12-15-29-18-21;/h10-11,16,21H,5-9,12-15,17-19H2,1-4H3,(H2,25,26,27);1H. The smallest absolute Gasteiger partial charge is 0.191 e. The molecule has 1 aromatic rings. The van der Waals surface area contributed by atoms with Gasteiger partial charge in [0.05, 0.1) is 19.8 Å². The van der Waals surface area contributed by atoms with E-state index in [1.165, 1.54) is 18.5 Å². The van der Waals surface area contributed by atoms with E-state index in [0.29, 0.717) is 19.1 Å². The van der Waals surface area contributed by atoms with Crippen molar-refractivity contribution in [2.45, 2.75) is 53.5 Å².